The van der Waals surface area contributed by atoms with Gasteiger partial charge in [0, 0.05) is 31.9 Å². The molecule has 2 fully saturated rings. The minimum absolute atomic E-state index is 0.0461. The Morgan fingerprint density at radius 3 is 2.27 bits per heavy atom. The van der Waals surface area contributed by atoms with Crippen LogP contribution in [-0.2, 0) is 14.8 Å². The molecule has 0 N–H and O–H groups in total. The van der Waals surface area contributed by atoms with Gasteiger partial charge in [0.25, 0.3) is 5.91 Å². The molecule has 2 aromatic rings. The zero-order valence-electron chi connectivity index (χ0n) is 18.6. The van der Waals surface area contributed by atoms with E-state index in [2.05, 4.69) is 0 Å². The van der Waals surface area contributed by atoms with Gasteiger partial charge in [-0.2, -0.15) is 4.31 Å². The molecule has 8 nitrogen and oxygen atoms in total. The highest BCUT2D eigenvalue weighted by Gasteiger charge is 2.44. The Kier molecular flexibility index (Phi) is 6.51. The number of hydrogen-bond acceptors (Lipinski definition) is 5. The summed E-state index contributed by atoms with van der Waals surface area (Å²) in [4.78, 5) is 30.6. The standard InChI is InChI=1S/C23H27FN4O4S/c1-17-4-8-20(9-5-17)28-18(2)22(29)27(23(28)30)16-25-12-3-13-26(15-14-25)33(31,32)21-10-6-19(24)7-11-21/h4-11,18H,3,12-16H2,1-2H3. The first-order valence-corrected chi connectivity index (χ1v) is 12.3. The molecule has 0 aromatic heterocycles. The van der Waals surface area contributed by atoms with Gasteiger partial charge in [-0.15, -0.1) is 0 Å². The third-order valence-electron chi connectivity index (χ3n) is 6.10. The summed E-state index contributed by atoms with van der Waals surface area (Å²) >= 11 is 0. The lowest BCUT2D eigenvalue weighted by Gasteiger charge is -2.25. The predicted molar refractivity (Wildman–Crippen MR) is 122 cm³/mol. The highest BCUT2D eigenvalue weighted by atomic mass is 32.2. The minimum atomic E-state index is -3.75. The number of carbonyl (C=O) groups is 2. The van der Waals surface area contributed by atoms with Crippen LogP contribution in [0.15, 0.2) is 53.4 Å². The van der Waals surface area contributed by atoms with Crippen molar-refractivity contribution in [3.63, 3.8) is 0 Å². The van der Waals surface area contributed by atoms with Crippen molar-refractivity contribution >= 4 is 27.6 Å². The molecule has 0 saturated carbocycles. The quantitative estimate of drug-likeness (QED) is 0.623. The Hall–Kier alpha value is -2.82. The van der Waals surface area contributed by atoms with Crippen molar-refractivity contribution in [3.05, 3.63) is 59.9 Å². The fourth-order valence-corrected chi connectivity index (χ4v) is 5.65. The summed E-state index contributed by atoms with van der Waals surface area (Å²) in [5.41, 5.74) is 1.73. The lowest BCUT2D eigenvalue weighted by Crippen LogP contribution is -2.44. The highest BCUT2D eigenvalue weighted by molar-refractivity contribution is 7.89. The zero-order chi connectivity index (χ0) is 23.8. The van der Waals surface area contributed by atoms with Crippen LogP contribution in [0.5, 0.6) is 0 Å². The van der Waals surface area contributed by atoms with E-state index in [9.17, 15) is 22.4 Å². The molecule has 1 unspecified atom stereocenters. The third-order valence-corrected chi connectivity index (χ3v) is 8.01. The number of nitrogens with zero attached hydrogens (tertiary/aromatic N) is 4. The van der Waals surface area contributed by atoms with Gasteiger partial charge >= 0.3 is 6.03 Å². The molecule has 1 atom stereocenters. The molecule has 2 aliphatic rings. The van der Waals surface area contributed by atoms with E-state index in [0.29, 0.717) is 31.7 Å². The number of anilines is 1. The first-order chi connectivity index (χ1) is 15.7. The van der Waals surface area contributed by atoms with E-state index in [0.717, 1.165) is 17.7 Å². The lowest BCUT2D eigenvalue weighted by molar-refractivity contribution is -0.128. The van der Waals surface area contributed by atoms with Gasteiger partial charge in [0.1, 0.15) is 11.9 Å². The molecule has 4 rings (SSSR count). The minimum Gasteiger partial charge on any atom is -0.284 e. The maximum absolute atomic E-state index is 13.2. The second-order valence-corrected chi connectivity index (χ2v) is 10.3. The van der Waals surface area contributed by atoms with Crippen LogP contribution in [0.25, 0.3) is 0 Å². The maximum Gasteiger partial charge on any atom is 0.333 e. The largest absolute Gasteiger partial charge is 0.333 e. The number of halogens is 1. The topological polar surface area (TPSA) is 81.2 Å². The summed E-state index contributed by atoms with van der Waals surface area (Å²) in [6, 6.07) is 11.2. The second kappa shape index (κ2) is 9.20. The summed E-state index contributed by atoms with van der Waals surface area (Å²) in [6.07, 6.45) is 0.549. The first-order valence-electron chi connectivity index (χ1n) is 10.9. The second-order valence-electron chi connectivity index (χ2n) is 8.40. The maximum atomic E-state index is 13.2. The highest BCUT2D eigenvalue weighted by Crippen LogP contribution is 2.26. The molecule has 33 heavy (non-hydrogen) atoms. The molecule has 0 radical (unpaired) electrons. The van der Waals surface area contributed by atoms with Gasteiger partial charge in [-0.3, -0.25) is 14.6 Å². The third kappa shape index (κ3) is 4.64. The van der Waals surface area contributed by atoms with Gasteiger partial charge in [-0.1, -0.05) is 17.7 Å². The Morgan fingerprint density at radius 2 is 1.61 bits per heavy atom. The molecule has 0 bridgehead atoms. The van der Waals surface area contributed by atoms with E-state index in [1.807, 2.05) is 36.1 Å². The number of aryl methyl sites for hydroxylation is 1. The van der Waals surface area contributed by atoms with E-state index < -0.39 is 21.9 Å². The van der Waals surface area contributed by atoms with Crippen LogP contribution in [-0.4, -0.2) is 73.4 Å². The van der Waals surface area contributed by atoms with Crippen LogP contribution >= 0.6 is 0 Å². The summed E-state index contributed by atoms with van der Waals surface area (Å²) in [7, 11) is -3.75. The molecule has 0 spiro atoms. The number of amides is 3. The van der Waals surface area contributed by atoms with Crippen molar-refractivity contribution in [2.45, 2.75) is 31.2 Å². The number of carbonyl (C=O) groups excluding carboxylic acids is 2. The van der Waals surface area contributed by atoms with Gasteiger partial charge in [0.15, 0.2) is 0 Å². The Labute approximate surface area is 193 Å². The zero-order valence-corrected chi connectivity index (χ0v) is 19.5. The summed E-state index contributed by atoms with van der Waals surface area (Å²) in [6.45, 7) is 5.21. The van der Waals surface area contributed by atoms with Gasteiger partial charge < -0.3 is 0 Å². The molecule has 0 aliphatic carbocycles. The number of hydrogen-bond donors (Lipinski definition) is 0. The Bertz CT molecular complexity index is 1140. The van der Waals surface area contributed by atoms with E-state index in [1.54, 1.807) is 6.92 Å². The Balaban J connectivity index is 1.44. The number of urea groups is 1. The van der Waals surface area contributed by atoms with Gasteiger partial charge in [0.05, 0.1) is 11.6 Å². The van der Waals surface area contributed by atoms with E-state index in [-0.39, 0.29) is 30.0 Å². The van der Waals surface area contributed by atoms with Gasteiger partial charge in [0.2, 0.25) is 10.0 Å². The normalized spacial score (nSPS) is 21.0. The molecular weight excluding hydrogens is 447 g/mol. The average molecular weight is 475 g/mol. The van der Waals surface area contributed by atoms with Crippen LogP contribution in [0, 0.1) is 12.7 Å². The number of sulfonamides is 1. The van der Waals surface area contributed by atoms with Crippen LogP contribution < -0.4 is 4.90 Å². The van der Waals surface area contributed by atoms with Gasteiger partial charge in [-0.25, -0.2) is 22.5 Å². The smallest absolute Gasteiger partial charge is 0.284 e. The molecule has 2 heterocycles. The number of rotatable bonds is 5. The summed E-state index contributed by atoms with van der Waals surface area (Å²) < 4.78 is 40.4. The van der Waals surface area contributed by atoms with Gasteiger partial charge in [-0.05, 0) is 56.7 Å². The molecule has 2 aromatic carbocycles. The number of imide groups is 1. The van der Waals surface area contributed by atoms with Crippen LogP contribution in [0.1, 0.15) is 18.9 Å². The average Bonchev–Trinajstić information content (AvgIpc) is 2.96. The molecular formula is C23H27FN4O4S. The van der Waals surface area contributed by atoms with Crippen molar-refractivity contribution in [1.82, 2.24) is 14.1 Å². The SMILES string of the molecule is Cc1ccc(N2C(=O)N(CN3CCCN(S(=O)(=O)c4ccc(F)cc4)CC3)C(=O)C2C)cc1. The van der Waals surface area contributed by atoms with Crippen molar-refractivity contribution in [2.24, 2.45) is 0 Å². The molecule has 10 heteroatoms. The monoisotopic (exact) mass is 474 g/mol. The number of benzene rings is 2. The Morgan fingerprint density at radius 1 is 0.939 bits per heavy atom. The van der Waals surface area contributed by atoms with Crippen LogP contribution in [0.2, 0.25) is 0 Å². The summed E-state index contributed by atoms with van der Waals surface area (Å²) in [5, 5.41) is 0. The van der Waals surface area contributed by atoms with Crippen molar-refractivity contribution < 1.29 is 22.4 Å². The van der Waals surface area contributed by atoms with Crippen molar-refractivity contribution in [1.29, 1.82) is 0 Å². The lowest BCUT2D eigenvalue weighted by atomic mass is 10.2. The summed E-state index contributed by atoms with van der Waals surface area (Å²) in [5.74, 6) is -0.773. The first kappa shape index (κ1) is 23.3. The fraction of sp³-hybridized carbons (Fsp3) is 0.391. The van der Waals surface area contributed by atoms with E-state index >= 15 is 0 Å². The van der Waals surface area contributed by atoms with E-state index in [4.69, 9.17) is 0 Å². The van der Waals surface area contributed by atoms with Crippen LogP contribution in [0.3, 0.4) is 0 Å². The van der Waals surface area contributed by atoms with Crippen molar-refractivity contribution in [3.8, 4) is 0 Å². The molecule has 2 aliphatic heterocycles. The molecule has 176 valence electrons. The predicted octanol–water partition coefficient (Wildman–Crippen LogP) is 2.65. The van der Waals surface area contributed by atoms with Crippen LogP contribution in [0.4, 0.5) is 14.9 Å². The molecule has 2 saturated heterocycles. The van der Waals surface area contributed by atoms with E-state index in [1.165, 1.54) is 26.2 Å². The molecule has 3 amide bonds. The van der Waals surface area contributed by atoms with Crippen molar-refractivity contribution in [2.75, 3.05) is 37.7 Å². The fourth-order valence-electron chi connectivity index (χ4n) is 4.18.